The van der Waals surface area contributed by atoms with Gasteiger partial charge in [0.2, 0.25) is 5.95 Å². The molecule has 1 aromatic carbocycles. The fraction of sp³-hybridized carbons (Fsp3) is 0.273. The van der Waals surface area contributed by atoms with E-state index < -0.39 is 0 Å². The van der Waals surface area contributed by atoms with Crippen LogP contribution in [0, 0.1) is 13.8 Å². The standard InChI is InChI=1S/C22H23BrN6O/c1-15-3-5-19(6-4-15)26-20-11-16(2)25-22(27-20)29-9-7-28(8-10-29)21(30)17-12-18(23)14-24-13-17/h3-6,11-14H,7-10H2,1-2H3,(H,25,26,27). The minimum absolute atomic E-state index is 0.00432. The van der Waals surface area contributed by atoms with Crippen molar-refractivity contribution in [1.29, 1.82) is 0 Å². The van der Waals surface area contributed by atoms with Crippen LogP contribution in [0.25, 0.3) is 0 Å². The molecule has 0 radical (unpaired) electrons. The second kappa shape index (κ2) is 8.79. The molecule has 0 bridgehead atoms. The first-order valence-corrected chi connectivity index (χ1v) is 10.6. The van der Waals surface area contributed by atoms with Crippen molar-refractivity contribution in [3.05, 3.63) is 70.1 Å². The molecule has 3 heterocycles. The summed E-state index contributed by atoms with van der Waals surface area (Å²) in [6, 6.07) is 11.9. The number of hydrogen-bond acceptors (Lipinski definition) is 6. The van der Waals surface area contributed by atoms with Crippen LogP contribution >= 0.6 is 15.9 Å². The predicted octanol–water partition coefficient (Wildman–Crippen LogP) is 3.96. The van der Waals surface area contributed by atoms with Gasteiger partial charge in [0.1, 0.15) is 5.82 Å². The number of amides is 1. The normalized spacial score (nSPS) is 14.0. The maximum Gasteiger partial charge on any atom is 0.255 e. The molecule has 1 aliphatic heterocycles. The number of rotatable bonds is 4. The molecule has 8 heteroatoms. The fourth-order valence-electron chi connectivity index (χ4n) is 3.36. The monoisotopic (exact) mass is 466 g/mol. The molecule has 1 saturated heterocycles. The first kappa shape index (κ1) is 20.3. The number of halogens is 1. The van der Waals surface area contributed by atoms with Crippen LogP contribution in [0.3, 0.4) is 0 Å². The van der Waals surface area contributed by atoms with Gasteiger partial charge < -0.3 is 15.1 Å². The summed E-state index contributed by atoms with van der Waals surface area (Å²) < 4.78 is 0.800. The molecule has 1 aliphatic rings. The number of nitrogens with one attached hydrogen (secondary N) is 1. The highest BCUT2D eigenvalue weighted by atomic mass is 79.9. The highest BCUT2D eigenvalue weighted by Gasteiger charge is 2.24. The Balaban J connectivity index is 1.43. The van der Waals surface area contributed by atoms with Crippen molar-refractivity contribution < 1.29 is 4.79 Å². The Bertz CT molecular complexity index is 1050. The molecular weight excluding hydrogens is 444 g/mol. The number of benzene rings is 1. The van der Waals surface area contributed by atoms with E-state index in [4.69, 9.17) is 4.98 Å². The molecule has 0 atom stereocenters. The van der Waals surface area contributed by atoms with E-state index in [1.807, 2.05) is 30.0 Å². The average Bonchev–Trinajstić information content (AvgIpc) is 2.74. The van der Waals surface area contributed by atoms with Gasteiger partial charge in [-0.3, -0.25) is 9.78 Å². The second-order valence-corrected chi connectivity index (χ2v) is 8.27. The van der Waals surface area contributed by atoms with Crippen LogP contribution in [0.1, 0.15) is 21.6 Å². The molecule has 1 fully saturated rings. The van der Waals surface area contributed by atoms with Crippen molar-refractivity contribution >= 4 is 39.3 Å². The minimum Gasteiger partial charge on any atom is -0.340 e. The van der Waals surface area contributed by atoms with Crippen molar-refractivity contribution in [3.63, 3.8) is 0 Å². The van der Waals surface area contributed by atoms with E-state index >= 15 is 0 Å². The first-order chi connectivity index (χ1) is 14.5. The Morgan fingerprint density at radius 1 is 1.00 bits per heavy atom. The lowest BCUT2D eigenvalue weighted by Crippen LogP contribution is -2.49. The number of hydrogen-bond donors (Lipinski definition) is 1. The summed E-state index contributed by atoms with van der Waals surface area (Å²) in [5.41, 5.74) is 3.69. The highest BCUT2D eigenvalue weighted by Crippen LogP contribution is 2.20. The van der Waals surface area contributed by atoms with Gasteiger partial charge in [0, 0.05) is 60.5 Å². The van der Waals surface area contributed by atoms with Crippen LogP contribution in [-0.2, 0) is 0 Å². The Morgan fingerprint density at radius 2 is 1.73 bits per heavy atom. The Kier molecular flexibility index (Phi) is 5.94. The fourth-order valence-corrected chi connectivity index (χ4v) is 3.73. The maximum absolute atomic E-state index is 12.7. The molecule has 4 rings (SSSR count). The third kappa shape index (κ3) is 4.76. The number of aryl methyl sites for hydroxylation is 2. The smallest absolute Gasteiger partial charge is 0.255 e. The van der Waals surface area contributed by atoms with Crippen LogP contribution in [0.15, 0.2) is 53.3 Å². The third-order valence-corrected chi connectivity index (χ3v) is 5.40. The van der Waals surface area contributed by atoms with Crippen LogP contribution in [0.5, 0.6) is 0 Å². The van der Waals surface area contributed by atoms with Gasteiger partial charge in [-0.2, -0.15) is 4.98 Å². The van der Waals surface area contributed by atoms with Crippen molar-refractivity contribution in [2.45, 2.75) is 13.8 Å². The van der Waals surface area contributed by atoms with E-state index in [0.29, 0.717) is 37.7 Å². The van der Waals surface area contributed by atoms with E-state index in [1.54, 1.807) is 18.5 Å². The van der Waals surface area contributed by atoms with Crippen LogP contribution in [0.2, 0.25) is 0 Å². The molecule has 0 aliphatic carbocycles. The zero-order valence-corrected chi connectivity index (χ0v) is 18.6. The van der Waals surface area contributed by atoms with Gasteiger partial charge >= 0.3 is 0 Å². The molecule has 1 N–H and O–H groups in total. The summed E-state index contributed by atoms with van der Waals surface area (Å²) in [5, 5.41) is 3.35. The number of nitrogens with zero attached hydrogens (tertiary/aromatic N) is 5. The first-order valence-electron chi connectivity index (χ1n) is 9.82. The largest absolute Gasteiger partial charge is 0.340 e. The number of anilines is 3. The molecule has 0 unspecified atom stereocenters. The van der Waals surface area contributed by atoms with Crippen molar-refractivity contribution in [1.82, 2.24) is 19.9 Å². The predicted molar refractivity (Wildman–Crippen MR) is 121 cm³/mol. The molecule has 3 aromatic rings. The minimum atomic E-state index is -0.00432. The summed E-state index contributed by atoms with van der Waals surface area (Å²) in [4.78, 5) is 30.1. The van der Waals surface area contributed by atoms with E-state index in [0.717, 1.165) is 21.7 Å². The molecule has 7 nitrogen and oxygen atoms in total. The SMILES string of the molecule is Cc1ccc(Nc2cc(C)nc(N3CCN(C(=O)c4cncc(Br)c4)CC3)n2)cc1. The van der Waals surface area contributed by atoms with Crippen LogP contribution in [0.4, 0.5) is 17.5 Å². The number of carbonyl (C=O) groups excluding carboxylic acids is 1. The molecule has 0 saturated carbocycles. The van der Waals surface area contributed by atoms with Crippen LogP contribution < -0.4 is 10.2 Å². The lowest BCUT2D eigenvalue weighted by molar-refractivity contribution is 0.0745. The number of piperazine rings is 1. The summed E-state index contributed by atoms with van der Waals surface area (Å²) in [6.07, 6.45) is 3.28. The lowest BCUT2D eigenvalue weighted by atomic mass is 10.2. The molecule has 2 aromatic heterocycles. The Morgan fingerprint density at radius 3 is 2.43 bits per heavy atom. The zero-order valence-electron chi connectivity index (χ0n) is 17.0. The summed E-state index contributed by atoms with van der Waals surface area (Å²) in [6.45, 7) is 6.62. The van der Waals surface area contributed by atoms with Gasteiger partial charge in [-0.05, 0) is 48.0 Å². The maximum atomic E-state index is 12.7. The summed E-state index contributed by atoms with van der Waals surface area (Å²) >= 11 is 3.37. The van der Waals surface area contributed by atoms with Crippen molar-refractivity contribution in [2.75, 3.05) is 36.4 Å². The number of pyridine rings is 1. The third-order valence-electron chi connectivity index (χ3n) is 4.97. The average molecular weight is 467 g/mol. The molecular formula is C22H23BrN6O. The van der Waals surface area contributed by atoms with E-state index in [9.17, 15) is 4.79 Å². The van der Waals surface area contributed by atoms with Crippen molar-refractivity contribution in [3.8, 4) is 0 Å². The van der Waals surface area contributed by atoms with Gasteiger partial charge in [-0.1, -0.05) is 17.7 Å². The van der Waals surface area contributed by atoms with Gasteiger partial charge in [0.05, 0.1) is 5.56 Å². The second-order valence-electron chi connectivity index (χ2n) is 7.36. The van der Waals surface area contributed by atoms with Crippen LogP contribution in [-0.4, -0.2) is 51.9 Å². The number of carbonyl (C=O) groups is 1. The van der Waals surface area contributed by atoms with E-state index in [1.165, 1.54) is 5.56 Å². The molecule has 30 heavy (non-hydrogen) atoms. The van der Waals surface area contributed by atoms with E-state index in [2.05, 4.69) is 55.2 Å². The molecule has 1 amide bonds. The molecule has 154 valence electrons. The Hall–Kier alpha value is -3.00. The van der Waals surface area contributed by atoms with E-state index in [-0.39, 0.29) is 5.91 Å². The Labute approximate surface area is 184 Å². The van der Waals surface area contributed by atoms with Gasteiger partial charge in [-0.15, -0.1) is 0 Å². The van der Waals surface area contributed by atoms with Gasteiger partial charge in [-0.25, -0.2) is 4.98 Å². The highest BCUT2D eigenvalue weighted by molar-refractivity contribution is 9.10. The quantitative estimate of drug-likeness (QED) is 0.627. The van der Waals surface area contributed by atoms with Gasteiger partial charge in [0.15, 0.2) is 0 Å². The number of aromatic nitrogens is 3. The molecule has 0 spiro atoms. The van der Waals surface area contributed by atoms with Crippen molar-refractivity contribution in [2.24, 2.45) is 0 Å². The lowest BCUT2D eigenvalue weighted by Gasteiger charge is -2.35. The zero-order chi connectivity index (χ0) is 21.1. The summed E-state index contributed by atoms with van der Waals surface area (Å²) in [5.74, 6) is 1.44. The topological polar surface area (TPSA) is 74.2 Å². The van der Waals surface area contributed by atoms with Gasteiger partial charge in [0.25, 0.3) is 5.91 Å². The summed E-state index contributed by atoms with van der Waals surface area (Å²) in [7, 11) is 0.